The maximum atomic E-state index is 12.3. The highest BCUT2D eigenvalue weighted by Gasteiger charge is 2.26. The van der Waals surface area contributed by atoms with E-state index in [1.54, 1.807) is 13.8 Å². The number of primary amides is 1. The first-order valence-electron chi connectivity index (χ1n) is 7.14. The molecule has 1 aliphatic heterocycles. The molecule has 3 N–H and O–H groups in total. The highest BCUT2D eigenvalue weighted by Crippen LogP contribution is 2.48. The Hall–Kier alpha value is -0.460. The van der Waals surface area contributed by atoms with Crippen molar-refractivity contribution >= 4 is 13.5 Å². The molecule has 1 fully saturated rings. The van der Waals surface area contributed by atoms with Gasteiger partial charge in [-0.3, -0.25) is 14.3 Å². The van der Waals surface area contributed by atoms with E-state index in [-0.39, 0.29) is 11.9 Å². The number of nitrogens with one attached hydrogen (secondary N) is 1. The van der Waals surface area contributed by atoms with E-state index in [9.17, 15) is 9.36 Å². The molecule has 0 spiro atoms. The summed E-state index contributed by atoms with van der Waals surface area (Å²) in [6.07, 6.45) is 1.11. The molecule has 1 heterocycles. The van der Waals surface area contributed by atoms with Crippen LogP contribution in [0.4, 0.5) is 0 Å². The lowest BCUT2D eigenvalue weighted by atomic mass is 10.2. The van der Waals surface area contributed by atoms with Crippen LogP contribution in [0.2, 0.25) is 0 Å². The minimum atomic E-state index is -2.96. The quantitative estimate of drug-likeness (QED) is 0.599. The van der Waals surface area contributed by atoms with Crippen LogP contribution < -0.4 is 11.1 Å². The third-order valence-corrected chi connectivity index (χ3v) is 5.33. The van der Waals surface area contributed by atoms with Gasteiger partial charge < -0.3 is 20.1 Å². The number of nitrogens with two attached hydrogens (primary N) is 1. The molecular weight excluding hydrogens is 281 g/mol. The largest absolute Gasteiger partial charge is 0.368 e. The summed E-state index contributed by atoms with van der Waals surface area (Å²) in [5.74, 6) is -0.330. The molecule has 20 heavy (non-hydrogen) atoms. The van der Waals surface area contributed by atoms with Crippen LogP contribution >= 0.6 is 7.60 Å². The van der Waals surface area contributed by atoms with E-state index in [4.69, 9.17) is 14.8 Å². The number of nitrogens with zero attached hydrogens (tertiary/aromatic N) is 1. The fourth-order valence-electron chi connectivity index (χ4n) is 2.25. The Morgan fingerprint density at radius 2 is 2.05 bits per heavy atom. The predicted octanol–water partition coefficient (Wildman–Crippen LogP) is 0.402. The summed E-state index contributed by atoms with van der Waals surface area (Å²) in [6, 6.07) is -0.297. The molecule has 118 valence electrons. The fraction of sp³-hybridized carbons (Fsp3) is 0.917. The maximum absolute atomic E-state index is 12.3. The van der Waals surface area contributed by atoms with E-state index in [0.29, 0.717) is 32.3 Å². The average molecular weight is 307 g/mol. The van der Waals surface area contributed by atoms with Crippen LogP contribution in [0.1, 0.15) is 20.3 Å². The molecule has 0 saturated carbocycles. The molecule has 0 aromatic carbocycles. The van der Waals surface area contributed by atoms with Crippen molar-refractivity contribution in [3.8, 4) is 0 Å². The van der Waals surface area contributed by atoms with E-state index in [0.717, 1.165) is 19.6 Å². The van der Waals surface area contributed by atoms with E-state index in [2.05, 4.69) is 10.2 Å². The molecule has 0 aromatic heterocycles. The van der Waals surface area contributed by atoms with E-state index < -0.39 is 7.60 Å². The van der Waals surface area contributed by atoms with Gasteiger partial charge in [0.1, 0.15) is 0 Å². The lowest BCUT2D eigenvalue weighted by Gasteiger charge is -2.32. The van der Waals surface area contributed by atoms with Gasteiger partial charge in [0.25, 0.3) is 0 Å². The highest BCUT2D eigenvalue weighted by molar-refractivity contribution is 7.53. The van der Waals surface area contributed by atoms with Crippen molar-refractivity contribution in [2.75, 3.05) is 45.6 Å². The molecule has 1 aliphatic rings. The SMILES string of the molecule is CCOP(=O)(CCCN1CCNC(C(N)=O)C1)OCC. The average Bonchev–Trinajstić information content (AvgIpc) is 2.39. The summed E-state index contributed by atoms with van der Waals surface area (Å²) >= 11 is 0. The van der Waals surface area contributed by atoms with Gasteiger partial charge in [-0.15, -0.1) is 0 Å². The van der Waals surface area contributed by atoms with Crippen molar-refractivity contribution in [1.82, 2.24) is 10.2 Å². The number of amides is 1. The lowest BCUT2D eigenvalue weighted by Crippen LogP contribution is -2.56. The zero-order chi connectivity index (χ0) is 15.0. The summed E-state index contributed by atoms with van der Waals surface area (Å²) in [4.78, 5) is 13.3. The fourth-order valence-corrected chi connectivity index (χ4v) is 3.90. The molecule has 8 heteroatoms. The van der Waals surface area contributed by atoms with Crippen molar-refractivity contribution < 1.29 is 18.4 Å². The Morgan fingerprint density at radius 3 is 2.60 bits per heavy atom. The van der Waals surface area contributed by atoms with Crippen molar-refractivity contribution in [2.24, 2.45) is 5.73 Å². The smallest absolute Gasteiger partial charge is 0.330 e. The van der Waals surface area contributed by atoms with Gasteiger partial charge in [0.2, 0.25) is 5.91 Å². The van der Waals surface area contributed by atoms with E-state index >= 15 is 0 Å². The van der Waals surface area contributed by atoms with Crippen LogP contribution in [0.15, 0.2) is 0 Å². The molecule has 0 aliphatic carbocycles. The van der Waals surface area contributed by atoms with E-state index in [1.165, 1.54) is 0 Å². The standard InChI is InChI=1S/C12H26N3O4P/c1-3-18-20(17,19-4-2)9-5-7-15-8-6-14-11(10-15)12(13)16/h11,14H,3-10H2,1-2H3,(H2,13,16). The minimum absolute atomic E-state index is 0.297. The van der Waals surface area contributed by atoms with Crippen LogP contribution in [-0.2, 0) is 18.4 Å². The number of carbonyl (C=O) groups excluding carboxylic acids is 1. The van der Waals surface area contributed by atoms with Gasteiger partial charge in [-0.25, -0.2) is 0 Å². The van der Waals surface area contributed by atoms with Crippen LogP contribution in [0.5, 0.6) is 0 Å². The highest BCUT2D eigenvalue weighted by atomic mass is 31.2. The molecular formula is C12H26N3O4P. The molecule has 1 atom stereocenters. The third-order valence-electron chi connectivity index (χ3n) is 3.16. The molecule has 1 rings (SSSR count). The second-order valence-corrected chi connectivity index (χ2v) is 6.92. The monoisotopic (exact) mass is 307 g/mol. The topological polar surface area (TPSA) is 93.9 Å². The first kappa shape index (κ1) is 17.6. The Kier molecular flexibility index (Phi) is 7.69. The van der Waals surface area contributed by atoms with Gasteiger partial charge >= 0.3 is 7.60 Å². The van der Waals surface area contributed by atoms with Gasteiger partial charge in [-0.1, -0.05) is 0 Å². The Morgan fingerprint density at radius 1 is 1.40 bits per heavy atom. The van der Waals surface area contributed by atoms with E-state index in [1.807, 2.05) is 0 Å². The molecule has 1 unspecified atom stereocenters. The van der Waals surface area contributed by atoms with Gasteiger partial charge in [0.15, 0.2) is 0 Å². The predicted molar refractivity (Wildman–Crippen MR) is 77.8 cm³/mol. The Labute approximate surface area is 120 Å². The molecule has 7 nitrogen and oxygen atoms in total. The second kappa shape index (κ2) is 8.74. The molecule has 0 bridgehead atoms. The van der Waals surface area contributed by atoms with Crippen LogP contribution in [0.25, 0.3) is 0 Å². The Bertz CT molecular complexity index is 344. The summed E-state index contributed by atoms with van der Waals surface area (Å²) < 4.78 is 22.8. The van der Waals surface area contributed by atoms with Gasteiger partial charge in [0.05, 0.1) is 25.4 Å². The summed E-state index contributed by atoms with van der Waals surface area (Å²) in [5, 5.41) is 3.08. The molecule has 1 saturated heterocycles. The van der Waals surface area contributed by atoms with Gasteiger partial charge in [-0.2, -0.15) is 0 Å². The normalized spacial score (nSPS) is 21.0. The number of hydrogen-bond donors (Lipinski definition) is 2. The second-order valence-electron chi connectivity index (χ2n) is 4.73. The molecule has 0 radical (unpaired) electrons. The van der Waals surface area contributed by atoms with Crippen LogP contribution in [0, 0.1) is 0 Å². The number of hydrogen-bond acceptors (Lipinski definition) is 6. The lowest BCUT2D eigenvalue weighted by molar-refractivity contribution is -0.121. The maximum Gasteiger partial charge on any atom is 0.330 e. The number of rotatable bonds is 9. The Balaban J connectivity index is 2.35. The van der Waals surface area contributed by atoms with Gasteiger partial charge in [0, 0.05) is 19.6 Å². The van der Waals surface area contributed by atoms with Crippen molar-refractivity contribution in [1.29, 1.82) is 0 Å². The minimum Gasteiger partial charge on any atom is -0.368 e. The summed E-state index contributed by atoms with van der Waals surface area (Å²) in [7, 11) is -2.96. The first-order valence-corrected chi connectivity index (χ1v) is 8.86. The number of piperazine rings is 1. The summed E-state index contributed by atoms with van der Waals surface area (Å²) in [5.41, 5.74) is 5.29. The van der Waals surface area contributed by atoms with Gasteiger partial charge in [-0.05, 0) is 26.8 Å². The summed E-state index contributed by atoms with van der Waals surface area (Å²) in [6.45, 7) is 7.33. The van der Waals surface area contributed by atoms with Crippen LogP contribution in [0.3, 0.4) is 0 Å². The van der Waals surface area contributed by atoms with Crippen molar-refractivity contribution in [3.05, 3.63) is 0 Å². The molecule has 1 amide bonds. The third kappa shape index (κ3) is 5.89. The van der Waals surface area contributed by atoms with Crippen molar-refractivity contribution in [2.45, 2.75) is 26.3 Å². The van der Waals surface area contributed by atoms with Crippen molar-refractivity contribution in [3.63, 3.8) is 0 Å². The van der Waals surface area contributed by atoms with Crippen LogP contribution in [-0.4, -0.2) is 62.4 Å². The first-order chi connectivity index (χ1) is 9.50. The zero-order valence-corrected chi connectivity index (χ0v) is 13.2. The zero-order valence-electron chi connectivity index (χ0n) is 12.3. The molecule has 0 aromatic rings. The number of carbonyl (C=O) groups is 1.